The maximum atomic E-state index is 13.8. The zero-order valence-electron chi connectivity index (χ0n) is 17.9. The van der Waals surface area contributed by atoms with Gasteiger partial charge >= 0.3 is 11.9 Å². The van der Waals surface area contributed by atoms with E-state index in [4.69, 9.17) is 19.9 Å². The molecule has 0 spiro atoms. The Hall–Kier alpha value is -3.99. The van der Waals surface area contributed by atoms with Crippen molar-refractivity contribution in [3.63, 3.8) is 0 Å². The summed E-state index contributed by atoms with van der Waals surface area (Å²) in [5.74, 6) is -4.15. The van der Waals surface area contributed by atoms with E-state index in [0.29, 0.717) is 5.56 Å². The molecule has 174 valence electrons. The quantitative estimate of drug-likeness (QED) is 0.376. The number of benzene rings is 2. The molecule has 2 aromatic rings. The van der Waals surface area contributed by atoms with Gasteiger partial charge in [-0.25, -0.2) is 14.5 Å². The second-order valence-corrected chi connectivity index (χ2v) is 9.00. The van der Waals surface area contributed by atoms with Crippen LogP contribution in [0, 0.1) is 5.92 Å². The Labute approximate surface area is 197 Å². The smallest absolute Gasteiger partial charge is 0.342 e. The van der Waals surface area contributed by atoms with Gasteiger partial charge in [0.1, 0.15) is 22.5 Å². The highest BCUT2D eigenvalue weighted by atomic mass is 32.2. The van der Waals surface area contributed by atoms with E-state index in [2.05, 4.69) is 0 Å². The molecule has 1 saturated heterocycles. The summed E-state index contributed by atoms with van der Waals surface area (Å²) in [5, 5.41) is 9.01. The first-order valence-electron chi connectivity index (χ1n) is 10.1. The fourth-order valence-electron chi connectivity index (χ4n) is 4.59. The van der Waals surface area contributed by atoms with Crippen molar-refractivity contribution >= 4 is 41.2 Å². The summed E-state index contributed by atoms with van der Waals surface area (Å²) in [7, 11) is 2.60. The fourth-order valence-corrected chi connectivity index (χ4v) is 5.83. The number of phenolic OH excluding ortho intramolecular Hbond substituents is 1. The second-order valence-electron chi connectivity index (χ2n) is 7.82. The summed E-state index contributed by atoms with van der Waals surface area (Å²) >= 11 is 0.926. The first-order chi connectivity index (χ1) is 16.3. The summed E-state index contributed by atoms with van der Waals surface area (Å²) in [6, 6.07) is 8.50. The van der Waals surface area contributed by atoms with Crippen molar-refractivity contribution < 1.29 is 38.5 Å². The van der Waals surface area contributed by atoms with Crippen LogP contribution < -0.4 is 20.1 Å². The fraction of sp³-hybridized carbons (Fsp3) is 0.217. The van der Waals surface area contributed by atoms with Gasteiger partial charge in [-0.15, -0.1) is 0 Å². The number of methoxy groups -OCH3 is 2. The van der Waals surface area contributed by atoms with Crippen LogP contribution in [0.25, 0.3) is 0 Å². The van der Waals surface area contributed by atoms with E-state index in [9.17, 15) is 24.3 Å². The number of thioether (sulfide) groups is 1. The Morgan fingerprint density at radius 3 is 2.59 bits per heavy atom. The maximum absolute atomic E-state index is 13.8. The molecule has 10 nitrogen and oxygen atoms in total. The Kier molecular flexibility index (Phi) is 5.01. The number of esters is 2. The number of rotatable bonds is 3. The van der Waals surface area contributed by atoms with E-state index in [1.807, 2.05) is 0 Å². The number of fused-ring (bicyclic) bond motifs is 5. The van der Waals surface area contributed by atoms with Crippen LogP contribution in [0.4, 0.5) is 5.69 Å². The number of carbonyl (C=O) groups excluding carboxylic acids is 4. The van der Waals surface area contributed by atoms with E-state index in [1.54, 1.807) is 6.07 Å². The predicted molar refractivity (Wildman–Crippen MR) is 119 cm³/mol. The number of hydrogen-bond donors (Lipinski definition) is 2. The van der Waals surface area contributed by atoms with Crippen molar-refractivity contribution in [1.29, 1.82) is 0 Å². The predicted octanol–water partition coefficient (Wildman–Crippen LogP) is 1.67. The maximum Gasteiger partial charge on any atom is 0.342 e. The Bertz CT molecular complexity index is 1320. The number of aromatic hydroxyl groups is 1. The highest BCUT2D eigenvalue weighted by molar-refractivity contribution is 8.04. The largest absolute Gasteiger partial charge is 0.508 e. The summed E-state index contributed by atoms with van der Waals surface area (Å²) in [6.45, 7) is 0. The molecule has 2 aromatic carbocycles. The van der Waals surface area contributed by atoms with Crippen LogP contribution in [0.5, 0.6) is 17.2 Å². The SMILES string of the molecule is COC(=O)c1ccc(OC)c(N2C(=O)[C@H]3[C@H](SC(N)=C4C(=O)Oc5cc(O)ccc5[C@@H]43)C2=O)c1. The van der Waals surface area contributed by atoms with Crippen molar-refractivity contribution in [2.75, 3.05) is 19.1 Å². The third kappa shape index (κ3) is 3.04. The molecule has 0 bridgehead atoms. The van der Waals surface area contributed by atoms with Crippen molar-refractivity contribution in [1.82, 2.24) is 0 Å². The number of amides is 2. The lowest BCUT2D eigenvalue weighted by atomic mass is 9.77. The van der Waals surface area contributed by atoms with E-state index >= 15 is 0 Å². The lowest BCUT2D eigenvalue weighted by Gasteiger charge is -2.36. The van der Waals surface area contributed by atoms with Crippen molar-refractivity contribution in [2.45, 2.75) is 11.2 Å². The van der Waals surface area contributed by atoms with Crippen molar-refractivity contribution in [3.8, 4) is 17.2 Å². The van der Waals surface area contributed by atoms with Gasteiger partial charge in [0.25, 0.3) is 0 Å². The molecule has 0 aromatic heterocycles. The van der Waals surface area contributed by atoms with Gasteiger partial charge in [0, 0.05) is 17.5 Å². The number of carbonyl (C=O) groups is 4. The number of anilines is 1. The number of hydrogen-bond acceptors (Lipinski definition) is 10. The molecular formula is C23H18N2O8S. The molecule has 0 saturated carbocycles. The summed E-state index contributed by atoms with van der Waals surface area (Å²) in [4.78, 5) is 53.1. The number of nitrogens with zero attached hydrogens (tertiary/aromatic N) is 1. The van der Waals surface area contributed by atoms with Crippen molar-refractivity contribution in [3.05, 3.63) is 58.1 Å². The lowest BCUT2D eigenvalue weighted by molar-refractivity contribution is -0.131. The summed E-state index contributed by atoms with van der Waals surface area (Å²) in [5.41, 5.74) is 6.95. The van der Waals surface area contributed by atoms with Gasteiger partial charge in [-0.2, -0.15) is 0 Å². The Balaban J connectivity index is 1.65. The second kappa shape index (κ2) is 7.80. The van der Waals surface area contributed by atoms with Crippen LogP contribution in [-0.4, -0.2) is 48.3 Å². The minimum atomic E-state index is -0.970. The van der Waals surface area contributed by atoms with Gasteiger partial charge in [-0.1, -0.05) is 17.8 Å². The molecule has 3 N–H and O–H groups in total. The lowest BCUT2D eigenvalue weighted by Crippen LogP contribution is -2.39. The molecule has 3 aliphatic heterocycles. The highest BCUT2D eigenvalue weighted by Crippen LogP contribution is 2.55. The summed E-state index contributed by atoms with van der Waals surface area (Å²) in [6.07, 6.45) is 0. The minimum Gasteiger partial charge on any atom is -0.508 e. The molecule has 5 rings (SSSR count). The van der Waals surface area contributed by atoms with Crippen LogP contribution >= 0.6 is 11.8 Å². The number of nitrogens with two attached hydrogens (primary N) is 1. The van der Waals surface area contributed by atoms with Gasteiger partial charge in [0.2, 0.25) is 11.8 Å². The Morgan fingerprint density at radius 2 is 1.88 bits per heavy atom. The van der Waals surface area contributed by atoms with Crippen LogP contribution in [0.1, 0.15) is 21.8 Å². The molecule has 0 radical (unpaired) electrons. The third-order valence-electron chi connectivity index (χ3n) is 6.08. The van der Waals surface area contributed by atoms with E-state index in [-0.39, 0.29) is 39.1 Å². The third-order valence-corrected chi connectivity index (χ3v) is 7.30. The normalized spacial score (nSPS) is 23.2. The van der Waals surface area contributed by atoms with E-state index < -0.39 is 40.8 Å². The summed E-state index contributed by atoms with van der Waals surface area (Å²) < 4.78 is 15.4. The average Bonchev–Trinajstić information content (AvgIpc) is 3.06. The van der Waals surface area contributed by atoms with Crippen LogP contribution in [0.15, 0.2) is 47.0 Å². The monoisotopic (exact) mass is 482 g/mol. The van der Waals surface area contributed by atoms with E-state index in [1.165, 1.54) is 44.6 Å². The van der Waals surface area contributed by atoms with Crippen LogP contribution in [0.3, 0.4) is 0 Å². The average molecular weight is 482 g/mol. The molecule has 3 heterocycles. The highest BCUT2D eigenvalue weighted by Gasteiger charge is 2.59. The molecule has 34 heavy (non-hydrogen) atoms. The van der Waals surface area contributed by atoms with Gasteiger partial charge in [-0.05, 0) is 24.3 Å². The minimum absolute atomic E-state index is 0.0832. The molecule has 11 heteroatoms. The van der Waals surface area contributed by atoms with Gasteiger partial charge in [0.15, 0.2) is 0 Å². The van der Waals surface area contributed by atoms with Crippen LogP contribution in [-0.2, 0) is 19.1 Å². The van der Waals surface area contributed by atoms with Crippen molar-refractivity contribution in [2.24, 2.45) is 11.7 Å². The van der Waals surface area contributed by atoms with E-state index in [0.717, 1.165) is 16.7 Å². The van der Waals surface area contributed by atoms with Gasteiger partial charge < -0.3 is 25.1 Å². The zero-order chi connectivity index (χ0) is 24.3. The Morgan fingerprint density at radius 1 is 1.12 bits per heavy atom. The topological polar surface area (TPSA) is 145 Å². The molecule has 1 fully saturated rings. The standard InChI is InChI=1S/C23H18N2O8S/c1-31-13-6-3-9(22(29)32-2)7-12(13)25-20(27)16-15-11-5-4-10(26)8-14(11)33-23(30)17(15)19(24)34-18(16)21(25)28/h3-8,15-16,18,26H,24H2,1-2H3/t15-,16-,18+/m1/s1. The number of ether oxygens (including phenoxy) is 3. The number of imide groups is 1. The first kappa shape index (κ1) is 21.8. The van der Waals surface area contributed by atoms with Crippen LogP contribution in [0.2, 0.25) is 0 Å². The molecular weight excluding hydrogens is 464 g/mol. The number of phenols is 1. The zero-order valence-corrected chi connectivity index (χ0v) is 18.8. The molecule has 0 aliphatic carbocycles. The molecule has 2 amide bonds. The molecule has 3 atom stereocenters. The molecule has 0 unspecified atom stereocenters. The first-order valence-corrected chi connectivity index (χ1v) is 11.0. The van der Waals surface area contributed by atoms with Gasteiger partial charge in [-0.3, -0.25) is 9.59 Å². The molecule has 3 aliphatic rings. The van der Waals surface area contributed by atoms with Gasteiger partial charge in [0.05, 0.1) is 42.0 Å².